The summed E-state index contributed by atoms with van der Waals surface area (Å²) in [6.45, 7) is 6.45. The van der Waals surface area contributed by atoms with Gasteiger partial charge in [0, 0.05) is 50.0 Å². The molecule has 2 heterocycles. The average molecular weight is 737 g/mol. The molecule has 0 unspecified atom stereocenters. The van der Waals surface area contributed by atoms with Crippen LogP contribution < -0.4 is 16.0 Å². The van der Waals surface area contributed by atoms with Gasteiger partial charge in [-0.05, 0) is 96.5 Å². The third-order valence-corrected chi connectivity index (χ3v) is 9.59. The Morgan fingerprint density at radius 2 is 1.67 bits per heavy atom. The number of hydrogen-bond acceptors (Lipinski definition) is 9. The summed E-state index contributed by atoms with van der Waals surface area (Å²) in [5.74, 6) is 0.872. The van der Waals surface area contributed by atoms with Gasteiger partial charge in [0.15, 0.2) is 6.61 Å². The molecule has 2 aromatic heterocycles. The van der Waals surface area contributed by atoms with Gasteiger partial charge in [-0.2, -0.15) is 5.10 Å². The highest BCUT2D eigenvalue weighted by Crippen LogP contribution is 2.37. The Kier molecular flexibility index (Phi) is 13.7. The molecule has 0 spiro atoms. The highest BCUT2D eigenvalue weighted by atomic mass is 35.5. The first-order valence-corrected chi connectivity index (χ1v) is 18.8. The monoisotopic (exact) mass is 736 g/mol. The van der Waals surface area contributed by atoms with Gasteiger partial charge in [0.2, 0.25) is 5.95 Å². The first-order chi connectivity index (χ1) is 24.9. The van der Waals surface area contributed by atoms with Crippen molar-refractivity contribution in [2.45, 2.75) is 109 Å². The molecule has 282 valence electrons. The number of anilines is 1. The summed E-state index contributed by atoms with van der Waals surface area (Å²) in [6.07, 6.45) is 11.4. The van der Waals surface area contributed by atoms with Gasteiger partial charge in [-0.1, -0.05) is 41.9 Å². The van der Waals surface area contributed by atoms with Crippen LogP contribution in [0.4, 0.5) is 15.5 Å². The smallest absolute Gasteiger partial charge is 0.410 e. The predicted octanol–water partition coefficient (Wildman–Crippen LogP) is 6.66. The van der Waals surface area contributed by atoms with Crippen molar-refractivity contribution in [1.29, 1.82) is 0 Å². The van der Waals surface area contributed by atoms with E-state index in [9.17, 15) is 14.4 Å². The molecule has 0 aliphatic heterocycles. The second-order valence-corrected chi connectivity index (χ2v) is 15.2. The number of rotatable bonds is 16. The van der Waals surface area contributed by atoms with E-state index in [1.165, 1.54) is 12.8 Å². The number of unbranched alkanes of at least 4 members (excludes halogenated alkanes) is 2. The van der Waals surface area contributed by atoms with Gasteiger partial charge in [0.25, 0.3) is 5.91 Å². The Hall–Kier alpha value is -4.39. The van der Waals surface area contributed by atoms with Gasteiger partial charge in [0.1, 0.15) is 5.60 Å². The molecule has 3 aromatic rings. The van der Waals surface area contributed by atoms with Gasteiger partial charge in [0.05, 0.1) is 23.1 Å². The zero-order valence-electron chi connectivity index (χ0n) is 30.8. The van der Waals surface area contributed by atoms with Gasteiger partial charge < -0.3 is 30.3 Å². The second kappa shape index (κ2) is 18.4. The first-order valence-electron chi connectivity index (χ1n) is 18.5. The zero-order chi connectivity index (χ0) is 37.1. The zero-order valence-corrected chi connectivity index (χ0v) is 31.6. The van der Waals surface area contributed by atoms with Crippen LogP contribution in [0.3, 0.4) is 0 Å². The third kappa shape index (κ3) is 12.1. The number of amides is 3. The molecule has 0 radical (unpaired) electrons. The van der Waals surface area contributed by atoms with Crippen molar-refractivity contribution in [2.24, 2.45) is 13.0 Å². The van der Waals surface area contributed by atoms with E-state index in [0.717, 1.165) is 68.2 Å². The Bertz CT molecular complexity index is 1630. The molecule has 13 nitrogen and oxygen atoms in total. The molecule has 14 heteroatoms. The predicted molar refractivity (Wildman–Crippen MR) is 200 cm³/mol. The van der Waals surface area contributed by atoms with Crippen molar-refractivity contribution in [3.05, 3.63) is 59.0 Å². The maximum atomic E-state index is 13.4. The lowest BCUT2D eigenvalue weighted by atomic mass is 9.90. The van der Waals surface area contributed by atoms with Crippen LogP contribution in [0.1, 0.15) is 89.8 Å². The molecule has 3 N–H and O–H groups in total. The number of alkyl carbamates (subject to hydrolysis) is 1. The summed E-state index contributed by atoms with van der Waals surface area (Å²) in [5, 5.41) is 14.0. The van der Waals surface area contributed by atoms with Crippen LogP contribution in [0.5, 0.6) is 0 Å². The summed E-state index contributed by atoms with van der Waals surface area (Å²) in [5.41, 5.74) is 3.23. The minimum absolute atomic E-state index is 0.0508. The van der Waals surface area contributed by atoms with Crippen LogP contribution in [0.15, 0.2) is 42.7 Å². The summed E-state index contributed by atoms with van der Waals surface area (Å²) in [7, 11) is 1.96. The van der Waals surface area contributed by atoms with E-state index in [4.69, 9.17) is 26.1 Å². The van der Waals surface area contributed by atoms with Crippen LogP contribution in [-0.2, 0) is 34.3 Å². The molecule has 0 bridgehead atoms. The minimum atomic E-state index is -0.534. The molecule has 3 amide bonds. The topological polar surface area (TPSA) is 153 Å². The lowest BCUT2D eigenvalue weighted by molar-refractivity contribution is -0.124. The number of aryl methyl sites for hydroxylation is 1. The number of halogens is 1. The third-order valence-electron chi connectivity index (χ3n) is 9.31. The molecule has 2 aliphatic carbocycles. The SMILES string of the molecule is Cn1ncc(-c2nc(NC3CCC(N(Cc4ccccc4)C(=O)OCC(=O)NCCCCCNC(=O)OC(C)(C)C)CC3)ncc2Cl)c1CC1CC1. The van der Waals surface area contributed by atoms with E-state index in [-0.39, 0.29) is 24.6 Å². The molecule has 0 saturated heterocycles. The average Bonchev–Trinajstić information content (AvgIpc) is 3.87. The van der Waals surface area contributed by atoms with Gasteiger partial charge in [-0.3, -0.25) is 9.48 Å². The van der Waals surface area contributed by atoms with Crippen molar-refractivity contribution in [3.8, 4) is 11.3 Å². The summed E-state index contributed by atoms with van der Waals surface area (Å²) >= 11 is 6.59. The summed E-state index contributed by atoms with van der Waals surface area (Å²) < 4.78 is 12.7. The van der Waals surface area contributed by atoms with Crippen LogP contribution in [-0.4, -0.2) is 80.1 Å². The Labute approximate surface area is 311 Å². The maximum absolute atomic E-state index is 13.4. The number of nitrogens with one attached hydrogen (secondary N) is 3. The van der Waals surface area contributed by atoms with Crippen molar-refractivity contribution in [3.63, 3.8) is 0 Å². The Balaban J connectivity index is 1.08. The van der Waals surface area contributed by atoms with Crippen molar-refractivity contribution in [2.75, 3.05) is 25.0 Å². The van der Waals surface area contributed by atoms with E-state index in [1.807, 2.05) is 69.0 Å². The molecular weight excluding hydrogens is 684 g/mol. The lowest BCUT2D eigenvalue weighted by Crippen LogP contribution is -2.44. The fourth-order valence-corrected chi connectivity index (χ4v) is 6.57. The van der Waals surface area contributed by atoms with Gasteiger partial charge in [-0.15, -0.1) is 0 Å². The van der Waals surface area contributed by atoms with Crippen LogP contribution in [0, 0.1) is 5.92 Å². The van der Waals surface area contributed by atoms with Gasteiger partial charge >= 0.3 is 12.2 Å². The molecule has 2 aliphatic rings. The molecule has 0 atom stereocenters. The highest BCUT2D eigenvalue weighted by Gasteiger charge is 2.31. The fourth-order valence-electron chi connectivity index (χ4n) is 6.38. The van der Waals surface area contributed by atoms with Crippen molar-refractivity contribution < 1.29 is 23.9 Å². The number of ether oxygens (including phenoxy) is 2. The highest BCUT2D eigenvalue weighted by molar-refractivity contribution is 6.33. The Morgan fingerprint density at radius 3 is 2.37 bits per heavy atom. The molecule has 5 rings (SSSR count). The number of nitrogens with zero attached hydrogens (tertiary/aromatic N) is 5. The standard InChI is InChI=1S/C38H53ClN8O5/c1-38(2,3)52-36(49)41-20-10-6-9-19-40-33(48)25-51-37(50)47(24-27-11-7-5-8-12-27)29-17-15-28(16-18-29)44-35-42-23-31(39)34(45-35)30-22-43-46(4)32(30)21-26-13-14-26/h5,7-8,11-12,22-23,26,28-29H,6,9-10,13-21,24-25H2,1-4H3,(H,40,48)(H,41,49)(H,42,44,45). The summed E-state index contributed by atoms with van der Waals surface area (Å²) in [6, 6.07) is 9.87. The maximum Gasteiger partial charge on any atom is 0.410 e. The number of carbonyl (C=O) groups excluding carboxylic acids is 3. The largest absolute Gasteiger partial charge is 0.444 e. The van der Waals surface area contributed by atoms with Crippen LogP contribution in [0.2, 0.25) is 5.02 Å². The van der Waals surface area contributed by atoms with Crippen molar-refractivity contribution >= 4 is 35.6 Å². The molecule has 2 saturated carbocycles. The fraction of sp³-hybridized carbons (Fsp3) is 0.579. The number of hydrogen-bond donors (Lipinski definition) is 3. The number of benzene rings is 1. The van der Waals surface area contributed by atoms with E-state index >= 15 is 0 Å². The molecular formula is C38H53ClN8O5. The number of aromatic nitrogens is 4. The minimum Gasteiger partial charge on any atom is -0.444 e. The van der Waals surface area contributed by atoms with E-state index in [1.54, 1.807) is 11.1 Å². The normalized spacial score (nSPS) is 17.2. The van der Waals surface area contributed by atoms with Crippen LogP contribution in [0.25, 0.3) is 11.3 Å². The summed E-state index contributed by atoms with van der Waals surface area (Å²) in [4.78, 5) is 48.8. The number of carbonyl (C=O) groups is 3. The first kappa shape index (κ1) is 38.8. The van der Waals surface area contributed by atoms with E-state index in [2.05, 4.69) is 26.0 Å². The Morgan fingerprint density at radius 1 is 0.962 bits per heavy atom. The van der Waals surface area contributed by atoms with E-state index in [0.29, 0.717) is 42.2 Å². The van der Waals surface area contributed by atoms with Gasteiger partial charge in [-0.25, -0.2) is 19.6 Å². The molecule has 52 heavy (non-hydrogen) atoms. The lowest BCUT2D eigenvalue weighted by Gasteiger charge is -2.36. The van der Waals surface area contributed by atoms with Crippen molar-refractivity contribution in [1.82, 2.24) is 35.3 Å². The quantitative estimate of drug-likeness (QED) is 0.137. The van der Waals surface area contributed by atoms with E-state index < -0.39 is 17.8 Å². The molecule has 1 aromatic carbocycles. The van der Waals surface area contributed by atoms with Crippen LogP contribution >= 0.6 is 11.6 Å². The molecule has 2 fully saturated rings. The second-order valence-electron chi connectivity index (χ2n) is 14.8.